The molecule has 0 aromatic heterocycles. The lowest BCUT2D eigenvalue weighted by molar-refractivity contribution is -0.308. The van der Waals surface area contributed by atoms with Crippen molar-refractivity contribution in [2.24, 2.45) is 0 Å². The quantitative estimate of drug-likeness (QED) is 0.626. The second-order valence-electron chi connectivity index (χ2n) is 3.61. The lowest BCUT2D eigenvalue weighted by Crippen LogP contribution is -2.28. The van der Waals surface area contributed by atoms with Crippen LogP contribution in [0.3, 0.4) is 0 Å². The van der Waals surface area contributed by atoms with Crippen LogP contribution in [0.4, 0.5) is 5.69 Å². The molecule has 0 unspecified atom stereocenters. The van der Waals surface area contributed by atoms with E-state index in [9.17, 15) is 24.6 Å². The molecule has 0 atom stereocenters. The normalized spacial score (nSPS) is 9.68. The van der Waals surface area contributed by atoms with Crippen LogP contribution in [-0.4, -0.2) is 24.5 Å². The predicted octanol–water partition coefficient (Wildman–Crippen LogP) is -1.72. The van der Waals surface area contributed by atoms with Gasteiger partial charge in [0.15, 0.2) is 0 Å². The molecule has 102 valence electrons. The molecule has 1 aromatic carbocycles. The van der Waals surface area contributed by atoms with Crippen molar-refractivity contribution in [2.75, 3.05) is 11.9 Å². The van der Waals surface area contributed by atoms with Crippen molar-refractivity contribution >= 4 is 23.5 Å². The van der Waals surface area contributed by atoms with Crippen LogP contribution in [0.1, 0.15) is 12.8 Å². The first-order valence-electron chi connectivity index (χ1n) is 5.40. The van der Waals surface area contributed by atoms with E-state index in [4.69, 9.17) is 4.74 Å². The zero-order valence-electron chi connectivity index (χ0n) is 9.88. The maximum atomic E-state index is 11.3. The molecule has 0 saturated heterocycles. The fourth-order valence-electron chi connectivity index (χ4n) is 1.22. The van der Waals surface area contributed by atoms with Crippen molar-refractivity contribution in [3.05, 3.63) is 24.3 Å². The maximum absolute atomic E-state index is 11.3. The summed E-state index contributed by atoms with van der Waals surface area (Å²) in [5.41, 5.74) is 0.448. The fraction of sp³-hybridized carbons (Fsp3) is 0.250. The van der Waals surface area contributed by atoms with Crippen LogP contribution in [0.5, 0.6) is 5.75 Å². The third-order valence-electron chi connectivity index (χ3n) is 2.05. The van der Waals surface area contributed by atoms with Gasteiger partial charge in [0.25, 0.3) is 0 Å². The molecule has 0 aliphatic rings. The molecule has 0 fully saturated rings. The molecule has 19 heavy (non-hydrogen) atoms. The molecule has 0 aliphatic carbocycles. The summed E-state index contributed by atoms with van der Waals surface area (Å²) in [6.07, 6.45) is -0.524. The first kappa shape index (κ1) is 14.5. The molecular formula is C12H11NO6-2. The van der Waals surface area contributed by atoms with Gasteiger partial charge in [0.1, 0.15) is 12.4 Å². The highest BCUT2D eigenvalue weighted by molar-refractivity contribution is 5.92. The maximum Gasteiger partial charge on any atom is 0.224 e. The average Bonchev–Trinajstić information content (AvgIpc) is 2.35. The number of hydrogen-bond acceptors (Lipinski definition) is 6. The zero-order chi connectivity index (χ0) is 14.3. The summed E-state index contributed by atoms with van der Waals surface area (Å²) in [5.74, 6) is -2.76. The highest BCUT2D eigenvalue weighted by atomic mass is 16.5. The standard InChI is InChI=1S/C12H13NO6/c14-10(5-6-11(15)16)13-8-1-3-9(4-2-8)19-7-12(17)18/h1-4H,5-7H2,(H,13,14)(H,15,16)(H,17,18)/p-2. The Morgan fingerprint density at radius 2 is 1.63 bits per heavy atom. The number of anilines is 1. The van der Waals surface area contributed by atoms with E-state index in [2.05, 4.69) is 5.32 Å². The number of carboxylic acid groups (broad SMARTS) is 2. The van der Waals surface area contributed by atoms with Gasteiger partial charge in [-0.3, -0.25) is 4.79 Å². The molecule has 1 rings (SSSR count). The number of nitrogens with one attached hydrogen (secondary N) is 1. The van der Waals surface area contributed by atoms with Crippen LogP contribution in [0, 0.1) is 0 Å². The van der Waals surface area contributed by atoms with Crippen molar-refractivity contribution in [1.29, 1.82) is 0 Å². The van der Waals surface area contributed by atoms with E-state index in [-0.39, 0.29) is 12.8 Å². The molecule has 0 aliphatic heterocycles. The van der Waals surface area contributed by atoms with Gasteiger partial charge in [0, 0.05) is 18.1 Å². The topological polar surface area (TPSA) is 119 Å². The second-order valence-corrected chi connectivity index (χ2v) is 3.61. The van der Waals surface area contributed by atoms with E-state index >= 15 is 0 Å². The summed E-state index contributed by atoms with van der Waals surface area (Å²) in [6, 6.07) is 5.94. The van der Waals surface area contributed by atoms with Crippen LogP contribution >= 0.6 is 0 Å². The number of aliphatic carboxylic acids is 2. The number of carboxylic acids is 2. The van der Waals surface area contributed by atoms with Crippen LogP contribution in [-0.2, 0) is 14.4 Å². The minimum Gasteiger partial charge on any atom is -0.550 e. The van der Waals surface area contributed by atoms with E-state index in [1.165, 1.54) is 24.3 Å². The van der Waals surface area contributed by atoms with Crippen molar-refractivity contribution in [1.82, 2.24) is 0 Å². The van der Waals surface area contributed by atoms with Gasteiger partial charge in [-0.25, -0.2) is 0 Å². The number of carbonyl (C=O) groups is 3. The minimum absolute atomic E-state index is 0.175. The highest BCUT2D eigenvalue weighted by Crippen LogP contribution is 2.15. The summed E-state index contributed by atoms with van der Waals surface area (Å²) in [6.45, 7) is -0.558. The molecule has 0 saturated carbocycles. The van der Waals surface area contributed by atoms with Crippen molar-refractivity contribution < 1.29 is 29.3 Å². The van der Waals surface area contributed by atoms with E-state index in [1.54, 1.807) is 0 Å². The number of rotatable bonds is 7. The highest BCUT2D eigenvalue weighted by Gasteiger charge is 2.02. The molecule has 7 nitrogen and oxygen atoms in total. The predicted molar refractivity (Wildman–Crippen MR) is 59.8 cm³/mol. The molecule has 0 heterocycles. The second kappa shape index (κ2) is 7.00. The Bertz CT molecular complexity index is 468. The largest absolute Gasteiger partial charge is 0.550 e. The number of benzene rings is 1. The van der Waals surface area contributed by atoms with Gasteiger partial charge in [0.2, 0.25) is 5.91 Å². The Morgan fingerprint density at radius 1 is 1.00 bits per heavy atom. The summed E-state index contributed by atoms with van der Waals surface area (Å²) in [5, 5.41) is 22.8. The number of hydrogen-bond donors (Lipinski definition) is 1. The lowest BCUT2D eigenvalue weighted by Gasteiger charge is -2.08. The number of amides is 1. The molecule has 1 amide bonds. The smallest absolute Gasteiger partial charge is 0.224 e. The van der Waals surface area contributed by atoms with E-state index in [1.807, 2.05) is 0 Å². The third kappa shape index (κ3) is 6.06. The van der Waals surface area contributed by atoms with Gasteiger partial charge in [-0.15, -0.1) is 0 Å². The Labute approximate surface area is 108 Å². The monoisotopic (exact) mass is 265 g/mol. The Balaban J connectivity index is 2.45. The van der Waals surface area contributed by atoms with Crippen LogP contribution in [0.2, 0.25) is 0 Å². The summed E-state index contributed by atoms with van der Waals surface area (Å²) in [7, 11) is 0. The number of ether oxygens (including phenoxy) is 1. The Hall–Kier alpha value is -2.57. The molecular weight excluding hydrogens is 254 g/mol. The Morgan fingerprint density at radius 3 is 2.16 bits per heavy atom. The molecule has 0 bridgehead atoms. The van der Waals surface area contributed by atoms with Gasteiger partial charge in [-0.1, -0.05) is 0 Å². The lowest BCUT2D eigenvalue weighted by atomic mass is 10.2. The van der Waals surface area contributed by atoms with Gasteiger partial charge < -0.3 is 29.9 Å². The SMILES string of the molecule is O=C([O-])CCC(=O)Nc1ccc(OCC(=O)[O-])cc1. The van der Waals surface area contributed by atoms with Crippen molar-refractivity contribution in [3.63, 3.8) is 0 Å². The van der Waals surface area contributed by atoms with Crippen LogP contribution in [0.25, 0.3) is 0 Å². The summed E-state index contributed by atoms with van der Waals surface area (Å²) >= 11 is 0. The van der Waals surface area contributed by atoms with E-state index in [0.29, 0.717) is 11.4 Å². The average molecular weight is 265 g/mol. The van der Waals surface area contributed by atoms with Crippen LogP contribution < -0.4 is 20.3 Å². The molecule has 0 radical (unpaired) electrons. The molecule has 1 aromatic rings. The van der Waals surface area contributed by atoms with E-state index < -0.39 is 24.5 Å². The van der Waals surface area contributed by atoms with E-state index in [0.717, 1.165) is 0 Å². The summed E-state index contributed by atoms with van der Waals surface area (Å²) < 4.78 is 4.85. The third-order valence-corrected chi connectivity index (χ3v) is 2.05. The van der Waals surface area contributed by atoms with Gasteiger partial charge in [0.05, 0.1) is 5.97 Å². The minimum atomic E-state index is -1.33. The van der Waals surface area contributed by atoms with Crippen molar-refractivity contribution in [3.8, 4) is 5.75 Å². The molecule has 7 heteroatoms. The first-order valence-corrected chi connectivity index (χ1v) is 5.40. The van der Waals surface area contributed by atoms with Crippen molar-refractivity contribution in [2.45, 2.75) is 12.8 Å². The molecule has 0 spiro atoms. The first-order chi connectivity index (χ1) is 8.97. The van der Waals surface area contributed by atoms with Crippen LogP contribution in [0.15, 0.2) is 24.3 Å². The Kier molecular flexibility index (Phi) is 5.34. The zero-order valence-corrected chi connectivity index (χ0v) is 9.88. The fourth-order valence-corrected chi connectivity index (χ4v) is 1.22. The molecule has 1 N–H and O–H groups in total. The van der Waals surface area contributed by atoms with Gasteiger partial charge in [-0.2, -0.15) is 0 Å². The van der Waals surface area contributed by atoms with Gasteiger partial charge >= 0.3 is 0 Å². The summed E-state index contributed by atoms with van der Waals surface area (Å²) in [4.78, 5) is 31.6. The number of carbonyl (C=O) groups excluding carboxylic acids is 3. The van der Waals surface area contributed by atoms with Gasteiger partial charge in [-0.05, 0) is 30.7 Å².